The van der Waals surface area contributed by atoms with Crippen molar-refractivity contribution in [2.24, 2.45) is 0 Å². The number of hydrogen-bond donors (Lipinski definition) is 2. The van der Waals surface area contributed by atoms with Crippen molar-refractivity contribution in [3.63, 3.8) is 0 Å². The topological polar surface area (TPSA) is 78.5 Å². The van der Waals surface area contributed by atoms with Gasteiger partial charge in [-0.25, -0.2) is 4.39 Å². The van der Waals surface area contributed by atoms with Crippen LogP contribution in [-0.4, -0.2) is 41.8 Å². The third-order valence-electron chi connectivity index (χ3n) is 4.93. The van der Waals surface area contributed by atoms with Gasteiger partial charge in [0.05, 0.1) is 12.0 Å². The van der Waals surface area contributed by atoms with E-state index >= 15 is 0 Å². The van der Waals surface area contributed by atoms with E-state index in [4.69, 9.17) is 0 Å². The number of benzene rings is 2. The highest BCUT2D eigenvalue weighted by molar-refractivity contribution is 5.94. The van der Waals surface area contributed by atoms with Crippen LogP contribution in [0.15, 0.2) is 48.5 Å². The Labute approximate surface area is 169 Å². The Bertz CT molecular complexity index is 890. The summed E-state index contributed by atoms with van der Waals surface area (Å²) in [7, 11) is 0. The SMILES string of the molecule is CC(=O)Nc1ccc(CC(=O)N2CCC(NC(=O)c3ccccc3F)CC2)cc1. The van der Waals surface area contributed by atoms with Crippen LogP contribution in [0.25, 0.3) is 0 Å². The average molecular weight is 397 g/mol. The molecule has 0 spiro atoms. The highest BCUT2D eigenvalue weighted by Gasteiger charge is 2.24. The summed E-state index contributed by atoms with van der Waals surface area (Å²) < 4.78 is 13.7. The molecule has 0 bridgehead atoms. The molecule has 3 rings (SSSR count). The van der Waals surface area contributed by atoms with Crippen LogP contribution in [0, 0.1) is 5.82 Å². The van der Waals surface area contributed by atoms with Crippen LogP contribution in [0.2, 0.25) is 0 Å². The minimum atomic E-state index is -0.540. The van der Waals surface area contributed by atoms with Crippen LogP contribution < -0.4 is 10.6 Å². The van der Waals surface area contributed by atoms with Crippen molar-refractivity contribution >= 4 is 23.4 Å². The molecule has 6 nitrogen and oxygen atoms in total. The molecule has 0 atom stereocenters. The molecule has 1 saturated heterocycles. The maximum Gasteiger partial charge on any atom is 0.254 e. The van der Waals surface area contributed by atoms with Crippen LogP contribution in [0.4, 0.5) is 10.1 Å². The van der Waals surface area contributed by atoms with Crippen molar-refractivity contribution in [2.45, 2.75) is 32.2 Å². The number of rotatable bonds is 5. The second-order valence-electron chi connectivity index (χ2n) is 7.16. The van der Waals surface area contributed by atoms with E-state index in [1.54, 1.807) is 29.2 Å². The number of anilines is 1. The fourth-order valence-electron chi connectivity index (χ4n) is 3.38. The first-order valence-corrected chi connectivity index (χ1v) is 9.62. The smallest absolute Gasteiger partial charge is 0.254 e. The van der Waals surface area contributed by atoms with Gasteiger partial charge in [-0.3, -0.25) is 14.4 Å². The Morgan fingerprint density at radius 3 is 2.31 bits per heavy atom. The van der Waals surface area contributed by atoms with Crippen molar-refractivity contribution in [1.82, 2.24) is 10.2 Å². The van der Waals surface area contributed by atoms with E-state index in [1.807, 2.05) is 12.1 Å². The second kappa shape index (κ2) is 9.32. The van der Waals surface area contributed by atoms with Gasteiger partial charge in [-0.2, -0.15) is 0 Å². The normalized spacial score (nSPS) is 14.3. The van der Waals surface area contributed by atoms with Crippen molar-refractivity contribution in [1.29, 1.82) is 0 Å². The molecular formula is C22H24FN3O3. The lowest BCUT2D eigenvalue weighted by atomic mass is 10.0. The minimum Gasteiger partial charge on any atom is -0.349 e. The number of likely N-dealkylation sites (tertiary alicyclic amines) is 1. The highest BCUT2D eigenvalue weighted by Crippen LogP contribution is 2.15. The minimum absolute atomic E-state index is 0.0242. The largest absolute Gasteiger partial charge is 0.349 e. The monoisotopic (exact) mass is 397 g/mol. The third kappa shape index (κ3) is 5.63. The van der Waals surface area contributed by atoms with E-state index in [0.717, 1.165) is 5.56 Å². The molecule has 1 aliphatic heterocycles. The molecular weight excluding hydrogens is 373 g/mol. The molecule has 2 aromatic rings. The molecule has 0 aromatic heterocycles. The Hall–Kier alpha value is -3.22. The van der Waals surface area contributed by atoms with E-state index in [-0.39, 0.29) is 29.8 Å². The maximum absolute atomic E-state index is 13.7. The predicted molar refractivity (Wildman–Crippen MR) is 108 cm³/mol. The Morgan fingerprint density at radius 2 is 1.69 bits per heavy atom. The lowest BCUT2D eigenvalue weighted by Gasteiger charge is -2.32. The van der Waals surface area contributed by atoms with Crippen molar-refractivity contribution in [3.8, 4) is 0 Å². The van der Waals surface area contributed by atoms with Gasteiger partial charge < -0.3 is 15.5 Å². The lowest BCUT2D eigenvalue weighted by Crippen LogP contribution is -2.47. The zero-order chi connectivity index (χ0) is 20.8. The third-order valence-corrected chi connectivity index (χ3v) is 4.93. The summed E-state index contributed by atoms with van der Waals surface area (Å²) >= 11 is 0. The molecule has 152 valence electrons. The fourth-order valence-corrected chi connectivity index (χ4v) is 3.38. The van der Waals surface area contributed by atoms with E-state index < -0.39 is 11.7 Å². The number of nitrogens with zero attached hydrogens (tertiary/aromatic N) is 1. The zero-order valence-corrected chi connectivity index (χ0v) is 16.3. The summed E-state index contributed by atoms with van der Waals surface area (Å²) in [6.07, 6.45) is 1.55. The van der Waals surface area contributed by atoms with Crippen LogP contribution in [0.3, 0.4) is 0 Å². The van der Waals surface area contributed by atoms with Gasteiger partial charge in [-0.1, -0.05) is 24.3 Å². The molecule has 0 saturated carbocycles. The van der Waals surface area contributed by atoms with Gasteiger partial charge in [0.25, 0.3) is 5.91 Å². The second-order valence-corrected chi connectivity index (χ2v) is 7.16. The lowest BCUT2D eigenvalue weighted by molar-refractivity contribution is -0.131. The molecule has 1 aliphatic rings. The van der Waals surface area contributed by atoms with Crippen LogP contribution in [-0.2, 0) is 16.0 Å². The molecule has 0 aliphatic carbocycles. The first-order valence-electron chi connectivity index (χ1n) is 9.62. The molecule has 2 N–H and O–H groups in total. The number of hydrogen-bond acceptors (Lipinski definition) is 3. The van der Waals surface area contributed by atoms with Crippen LogP contribution in [0.5, 0.6) is 0 Å². The number of carbonyl (C=O) groups is 3. The number of carbonyl (C=O) groups excluding carboxylic acids is 3. The average Bonchev–Trinajstić information content (AvgIpc) is 2.70. The summed E-state index contributed by atoms with van der Waals surface area (Å²) in [5.41, 5.74) is 1.60. The van der Waals surface area contributed by atoms with Gasteiger partial charge in [-0.15, -0.1) is 0 Å². The molecule has 1 heterocycles. The Balaban J connectivity index is 1.47. The van der Waals surface area contributed by atoms with Crippen molar-refractivity contribution in [2.75, 3.05) is 18.4 Å². The zero-order valence-electron chi connectivity index (χ0n) is 16.3. The van der Waals surface area contributed by atoms with Gasteiger partial charge >= 0.3 is 0 Å². The number of nitrogens with one attached hydrogen (secondary N) is 2. The molecule has 2 aromatic carbocycles. The van der Waals surface area contributed by atoms with E-state index in [2.05, 4.69) is 10.6 Å². The summed E-state index contributed by atoms with van der Waals surface area (Å²) in [6.45, 7) is 2.54. The molecule has 1 fully saturated rings. The van der Waals surface area contributed by atoms with Crippen molar-refractivity contribution < 1.29 is 18.8 Å². The summed E-state index contributed by atoms with van der Waals surface area (Å²) in [5, 5.41) is 5.55. The first-order chi connectivity index (χ1) is 13.9. The van der Waals surface area contributed by atoms with Gasteiger partial charge in [0.15, 0.2) is 0 Å². The van der Waals surface area contributed by atoms with Gasteiger partial charge in [0, 0.05) is 31.7 Å². The van der Waals surface area contributed by atoms with E-state index in [1.165, 1.54) is 19.1 Å². The molecule has 0 radical (unpaired) electrons. The first kappa shape index (κ1) is 20.5. The maximum atomic E-state index is 13.7. The molecule has 7 heteroatoms. The summed E-state index contributed by atoms with van der Waals surface area (Å²) in [5.74, 6) is -1.08. The number of piperidine rings is 1. The van der Waals surface area contributed by atoms with E-state index in [9.17, 15) is 18.8 Å². The van der Waals surface area contributed by atoms with E-state index in [0.29, 0.717) is 31.6 Å². The molecule has 0 unspecified atom stereocenters. The molecule has 3 amide bonds. The highest BCUT2D eigenvalue weighted by atomic mass is 19.1. The Kier molecular flexibility index (Phi) is 6.59. The fraction of sp³-hybridized carbons (Fsp3) is 0.318. The predicted octanol–water partition coefficient (Wildman–Crippen LogP) is 2.75. The van der Waals surface area contributed by atoms with Crippen molar-refractivity contribution in [3.05, 3.63) is 65.5 Å². The number of halogens is 1. The molecule has 29 heavy (non-hydrogen) atoms. The van der Waals surface area contributed by atoms with Gasteiger partial charge in [-0.05, 0) is 42.7 Å². The standard InChI is InChI=1S/C22H24FN3O3/c1-15(27)24-17-8-6-16(7-9-17)14-21(28)26-12-10-18(11-13-26)25-22(29)19-4-2-3-5-20(19)23/h2-9,18H,10-14H2,1H3,(H,24,27)(H,25,29). The van der Waals surface area contributed by atoms with Crippen LogP contribution in [0.1, 0.15) is 35.7 Å². The van der Waals surface area contributed by atoms with Gasteiger partial charge in [0.1, 0.15) is 5.82 Å². The quantitative estimate of drug-likeness (QED) is 0.814. The van der Waals surface area contributed by atoms with Crippen LogP contribution >= 0.6 is 0 Å². The number of amides is 3. The Morgan fingerprint density at radius 1 is 1.03 bits per heavy atom. The summed E-state index contributed by atoms with van der Waals surface area (Å²) in [4.78, 5) is 37.6. The summed E-state index contributed by atoms with van der Waals surface area (Å²) in [6, 6.07) is 13.0. The van der Waals surface area contributed by atoms with Gasteiger partial charge in [0.2, 0.25) is 11.8 Å².